The van der Waals surface area contributed by atoms with E-state index >= 15 is 0 Å². The van der Waals surface area contributed by atoms with Gasteiger partial charge in [-0.1, -0.05) is 0 Å². The number of hydrogen-bond donors (Lipinski definition) is 2. The van der Waals surface area contributed by atoms with Gasteiger partial charge in [0.15, 0.2) is 11.5 Å². The molecule has 0 saturated heterocycles. The van der Waals surface area contributed by atoms with Crippen molar-refractivity contribution in [1.29, 1.82) is 0 Å². The zero-order valence-electron chi connectivity index (χ0n) is 15.5. The molecule has 0 fully saturated rings. The molecule has 0 saturated carbocycles. The average molecular weight is 445 g/mol. The maximum Gasteiger partial charge on any atom is 0.252 e. The number of benzene rings is 2. The van der Waals surface area contributed by atoms with E-state index in [0.29, 0.717) is 41.3 Å². The number of ether oxygens (including phenoxy) is 3. The van der Waals surface area contributed by atoms with Crippen LogP contribution >= 0.6 is 15.9 Å². The molecule has 0 radical (unpaired) electrons. The van der Waals surface area contributed by atoms with Gasteiger partial charge in [0, 0.05) is 40.6 Å². The molecule has 0 unspecified atom stereocenters. The Labute approximate surface area is 171 Å². The minimum Gasteiger partial charge on any atom is -0.497 e. The summed E-state index contributed by atoms with van der Waals surface area (Å²) < 4.78 is 17.3. The van der Waals surface area contributed by atoms with Crippen molar-refractivity contribution < 1.29 is 19.0 Å². The highest BCUT2D eigenvalue weighted by atomic mass is 79.9. The number of rotatable bonds is 5. The van der Waals surface area contributed by atoms with Crippen LogP contribution in [0.2, 0.25) is 0 Å². The van der Waals surface area contributed by atoms with Gasteiger partial charge in [0.1, 0.15) is 5.75 Å². The summed E-state index contributed by atoms with van der Waals surface area (Å²) in [6, 6.07) is 9.46. The normalized spacial score (nSPS) is 13.2. The van der Waals surface area contributed by atoms with E-state index in [-0.39, 0.29) is 5.91 Å². The Hall–Kier alpha value is -2.67. The number of carbonyl (C=O) groups is 1. The number of amides is 1. The average Bonchev–Trinajstić information content (AvgIpc) is 2.96. The Kier molecular flexibility index (Phi) is 5.43. The van der Waals surface area contributed by atoms with Crippen molar-refractivity contribution in [2.24, 2.45) is 0 Å². The van der Waals surface area contributed by atoms with Crippen molar-refractivity contribution in [2.45, 2.75) is 12.8 Å². The Morgan fingerprint density at radius 3 is 2.79 bits per heavy atom. The zero-order chi connectivity index (χ0) is 19.5. The van der Waals surface area contributed by atoms with Crippen LogP contribution in [-0.4, -0.2) is 37.8 Å². The van der Waals surface area contributed by atoms with Gasteiger partial charge in [-0.15, -0.1) is 0 Å². The molecule has 3 aromatic rings. The van der Waals surface area contributed by atoms with E-state index in [1.807, 2.05) is 24.4 Å². The minimum absolute atomic E-state index is 0.149. The van der Waals surface area contributed by atoms with E-state index < -0.39 is 0 Å². The first kappa shape index (κ1) is 18.7. The lowest BCUT2D eigenvalue weighted by Gasteiger charge is -2.12. The molecule has 2 N–H and O–H groups in total. The van der Waals surface area contributed by atoms with E-state index in [1.165, 1.54) is 0 Å². The number of methoxy groups -OCH3 is 1. The maximum atomic E-state index is 12.7. The molecule has 2 aromatic carbocycles. The van der Waals surface area contributed by atoms with Crippen molar-refractivity contribution in [3.8, 4) is 17.2 Å². The summed E-state index contributed by atoms with van der Waals surface area (Å²) in [6.07, 6.45) is 3.52. The van der Waals surface area contributed by atoms with Gasteiger partial charge in [0.05, 0.1) is 25.9 Å². The molecular weight excluding hydrogens is 424 g/mol. The van der Waals surface area contributed by atoms with Gasteiger partial charge < -0.3 is 24.5 Å². The molecule has 28 heavy (non-hydrogen) atoms. The number of fused-ring (bicyclic) bond motifs is 2. The van der Waals surface area contributed by atoms with Crippen molar-refractivity contribution in [2.75, 3.05) is 26.9 Å². The van der Waals surface area contributed by atoms with Crippen LogP contribution in [0.5, 0.6) is 17.2 Å². The summed E-state index contributed by atoms with van der Waals surface area (Å²) in [5.74, 6) is 1.93. The van der Waals surface area contributed by atoms with Crippen molar-refractivity contribution in [1.82, 2.24) is 10.3 Å². The Bertz CT molecular complexity index is 1020. The smallest absolute Gasteiger partial charge is 0.252 e. The summed E-state index contributed by atoms with van der Waals surface area (Å²) in [5, 5.41) is 4.12. The molecule has 0 bridgehead atoms. The van der Waals surface area contributed by atoms with Gasteiger partial charge in [-0.2, -0.15) is 0 Å². The van der Waals surface area contributed by atoms with Crippen LogP contribution in [-0.2, 0) is 6.42 Å². The fourth-order valence-corrected chi connectivity index (χ4v) is 3.77. The molecule has 1 aromatic heterocycles. The lowest BCUT2D eigenvalue weighted by molar-refractivity contribution is 0.0953. The fourth-order valence-electron chi connectivity index (χ4n) is 3.26. The van der Waals surface area contributed by atoms with Gasteiger partial charge >= 0.3 is 0 Å². The van der Waals surface area contributed by atoms with E-state index in [4.69, 9.17) is 14.2 Å². The second kappa shape index (κ2) is 8.14. The number of halogens is 1. The number of carbonyl (C=O) groups excluding carboxylic acids is 1. The third-order valence-electron chi connectivity index (χ3n) is 4.74. The van der Waals surface area contributed by atoms with E-state index in [9.17, 15) is 4.79 Å². The van der Waals surface area contributed by atoms with Crippen LogP contribution < -0.4 is 19.5 Å². The van der Waals surface area contributed by atoms with Crippen LogP contribution in [0.3, 0.4) is 0 Å². The molecule has 1 aliphatic heterocycles. The quantitative estimate of drug-likeness (QED) is 0.621. The summed E-state index contributed by atoms with van der Waals surface area (Å²) >= 11 is 3.47. The van der Waals surface area contributed by atoms with Crippen LogP contribution in [0.15, 0.2) is 41.0 Å². The number of hydrogen-bond acceptors (Lipinski definition) is 4. The van der Waals surface area contributed by atoms with Crippen molar-refractivity contribution in [3.05, 3.63) is 52.1 Å². The summed E-state index contributed by atoms with van der Waals surface area (Å²) in [5.41, 5.74) is 2.70. The monoisotopic (exact) mass is 444 g/mol. The molecule has 6 nitrogen and oxygen atoms in total. The number of aromatic amines is 1. The van der Waals surface area contributed by atoms with Crippen LogP contribution in [0.25, 0.3) is 10.9 Å². The Balaban J connectivity index is 1.43. The molecule has 0 spiro atoms. The lowest BCUT2D eigenvalue weighted by Crippen LogP contribution is -2.26. The SMILES string of the molecule is COc1ccc2c(CCNC(=O)c3cc4c(cc3Br)OCCCO4)c[nH]c2c1. The highest BCUT2D eigenvalue weighted by molar-refractivity contribution is 9.10. The van der Waals surface area contributed by atoms with Crippen molar-refractivity contribution in [3.63, 3.8) is 0 Å². The molecule has 0 atom stereocenters. The minimum atomic E-state index is -0.149. The Morgan fingerprint density at radius 2 is 2.00 bits per heavy atom. The first-order valence-corrected chi connectivity index (χ1v) is 9.96. The number of H-pyrrole nitrogens is 1. The third-order valence-corrected chi connectivity index (χ3v) is 5.39. The molecule has 1 amide bonds. The number of aromatic nitrogens is 1. The fraction of sp³-hybridized carbons (Fsp3) is 0.286. The first-order valence-electron chi connectivity index (χ1n) is 9.17. The Morgan fingerprint density at radius 1 is 1.21 bits per heavy atom. The molecule has 7 heteroatoms. The molecular formula is C21H21BrN2O4. The molecule has 4 rings (SSSR count). The predicted molar refractivity (Wildman–Crippen MR) is 111 cm³/mol. The second-order valence-corrected chi connectivity index (χ2v) is 7.41. The lowest BCUT2D eigenvalue weighted by atomic mass is 10.1. The highest BCUT2D eigenvalue weighted by Gasteiger charge is 2.18. The van der Waals surface area contributed by atoms with Gasteiger partial charge in [-0.05, 0) is 52.2 Å². The number of nitrogens with one attached hydrogen (secondary N) is 2. The summed E-state index contributed by atoms with van der Waals surface area (Å²) in [6.45, 7) is 1.72. The van der Waals surface area contributed by atoms with E-state index in [2.05, 4.69) is 26.2 Å². The molecule has 0 aliphatic carbocycles. The molecule has 1 aliphatic rings. The van der Waals surface area contributed by atoms with Gasteiger partial charge in [-0.25, -0.2) is 0 Å². The van der Waals surface area contributed by atoms with Crippen LogP contribution in [0.4, 0.5) is 0 Å². The van der Waals surface area contributed by atoms with Gasteiger partial charge in [-0.3, -0.25) is 4.79 Å². The van der Waals surface area contributed by atoms with Crippen LogP contribution in [0.1, 0.15) is 22.3 Å². The van der Waals surface area contributed by atoms with Crippen molar-refractivity contribution >= 4 is 32.7 Å². The standard InChI is InChI=1S/C21H21BrN2O4/c1-26-14-3-4-15-13(12-24-18(15)9-14)5-6-23-21(25)16-10-19-20(11-17(16)22)28-8-2-7-27-19/h3-4,9-12,24H,2,5-8H2,1H3,(H,23,25). The summed E-state index contributed by atoms with van der Waals surface area (Å²) in [4.78, 5) is 15.9. The maximum absolute atomic E-state index is 12.7. The van der Waals surface area contributed by atoms with E-state index in [1.54, 1.807) is 19.2 Å². The second-order valence-electron chi connectivity index (χ2n) is 6.56. The zero-order valence-corrected chi connectivity index (χ0v) is 17.1. The largest absolute Gasteiger partial charge is 0.497 e. The predicted octanol–water partition coefficient (Wildman–Crippen LogP) is 4.07. The topological polar surface area (TPSA) is 72.6 Å². The first-order chi connectivity index (χ1) is 13.7. The third kappa shape index (κ3) is 3.80. The van der Waals surface area contributed by atoms with Gasteiger partial charge in [0.2, 0.25) is 0 Å². The molecule has 2 heterocycles. The van der Waals surface area contributed by atoms with E-state index in [0.717, 1.165) is 35.1 Å². The van der Waals surface area contributed by atoms with Gasteiger partial charge in [0.25, 0.3) is 5.91 Å². The molecule has 146 valence electrons. The summed E-state index contributed by atoms with van der Waals surface area (Å²) in [7, 11) is 1.65. The highest BCUT2D eigenvalue weighted by Crippen LogP contribution is 2.35. The van der Waals surface area contributed by atoms with Crippen LogP contribution in [0, 0.1) is 0 Å².